The summed E-state index contributed by atoms with van der Waals surface area (Å²) in [6, 6.07) is 6.07. The van der Waals surface area contributed by atoms with Crippen molar-refractivity contribution in [1.29, 1.82) is 5.26 Å². The van der Waals surface area contributed by atoms with Crippen molar-refractivity contribution in [2.45, 2.75) is 77.9 Å². The van der Waals surface area contributed by atoms with Crippen LogP contribution < -0.4 is 16.0 Å². The van der Waals surface area contributed by atoms with Crippen LogP contribution >= 0.6 is 0 Å². The molecule has 0 aliphatic rings. The average molecular weight is 586 g/mol. The number of likely N-dealkylation sites (N-methyl/N-ethyl adjacent to an activating group) is 2. The Morgan fingerprint density at radius 2 is 1.67 bits per heavy atom. The van der Waals surface area contributed by atoms with Crippen molar-refractivity contribution < 1.29 is 34.2 Å². The van der Waals surface area contributed by atoms with Gasteiger partial charge in [0.25, 0.3) is 0 Å². The van der Waals surface area contributed by atoms with Crippen molar-refractivity contribution in [1.82, 2.24) is 20.9 Å². The second-order valence-corrected chi connectivity index (χ2v) is 11.8. The fraction of sp³-hybridized carbons (Fsp3) is 0.533. The molecule has 0 aromatic heterocycles. The van der Waals surface area contributed by atoms with Crippen molar-refractivity contribution in [3.8, 4) is 6.07 Å². The Morgan fingerprint density at radius 1 is 1.05 bits per heavy atom. The van der Waals surface area contributed by atoms with Gasteiger partial charge in [0, 0.05) is 31.0 Å². The largest absolute Gasteiger partial charge is 0.481 e. The van der Waals surface area contributed by atoms with E-state index in [1.165, 1.54) is 24.9 Å². The Bertz CT molecular complexity index is 1240. The zero-order valence-electron chi connectivity index (χ0n) is 25.6. The zero-order valence-corrected chi connectivity index (χ0v) is 25.6. The Hall–Kier alpha value is -4.24. The monoisotopic (exact) mass is 585 g/mol. The van der Waals surface area contributed by atoms with Crippen LogP contribution in [0.25, 0.3) is 0 Å². The van der Waals surface area contributed by atoms with E-state index < -0.39 is 65.0 Å². The summed E-state index contributed by atoms with van der Waals surface area (Å²) in [5.41, 5.74) is -0.0350. The maximum absolute atomic E-state index is 13.6. The standard InChI is InChI=1S/C30H43N5O7/c1-18(25(38)33-21(28(41)42)12-13-22(36)37)14-15-35(8)27(40)24(29(2,3)4)34-26(39)23(32-7)30(5,6)20-11-9-10-19(16-20)17-31/h9-11,14,16,21,23-24,32H,12-13,15H2,1-8H3,(H,33,38)(H,34,39)(H,36,37)(H,41,42)/b18-14+. The number of nitrogens with one attached hydrogen (secondary N) is 3. The molecular weight excluding hydrogens is 542 g/mol. The number of carbonyl (C=O) groups excluding carboxylic acids is 3. The van der Waals surface area contributed by atoms with Gasteiger partial charge in [-0.15, -0.1) is 0 Å². The van der Waals surface area contributed by atoms with Crippen LogP contribution in [0.15, 0.2) is 35.9 Å². The minimum absolute atomic E-state index is 0.00466. The highest BCUT2D eigenvalue weighted by atomic mass is 16.4. The highest BCUT2D eigenvalue weighted by Gasteiger charge is 2.40. The van der Waals surface area contributed by atoms with E-state index in [2.05, 4.69) is 22.0 Å². The van der Waals surface area contributed by atoms with Crippen LogP contribution in [-0.4, -0.2) is 83.5 Å². The van der Waals surface area contributed by atoms with Gasteiger partial charge in [-0.3, -0.25) is 19.2 Å². The minimum Gasteiger partial charge on any atom is -0.481 e. The SMILES string of the molecule is CNC(C(=O)NC(C(=O)N(C)C/C=C(\C)C(=O)NC(CCC(=O)O)C(=O)O)C(C)(C)C)C(C)(C)c1cccc(C#N)c1. The van der Waals surface area contributed by atoms with Gasteiger partial charge in [-0.2, -0.15) is 5.26 Å². The van der Waals surface area contributed by atoms with Crippen LogP contribution in [0.3, 0.4) is 0 Å². The maximum atomic E-state index is 13.6. The number of carboxylic acid groups (broad SMARTS) is 2. The van der Waals surface area contributed by atoms with Crippen LogP contribution in [0.5, 0.6) is 0 Å². The summed E-state index contributed by atoms with van der Waals surface area (Å²) in [6.07, 6.45) is 0.755. The Labute approximate surface area is 247 Å². The third-order valence-corrected chi connectivity index (χ3v) is 7.06. The number of rotatable bonds is 14. The summed E-state index contributed by atoms with van der Waals surface area (Å²) >= 11 is 0. The predicted molar refractivity (Wildman–Crippen MR) is 156 cm³/mol. The van der Waals surface area contributed by atoms with E-state index in [4.69, 9.17) is 5.11 Å². The quantitative estimate of drug-likeness (QED) is 0.203. The Morgan fingerprint density at radius 3 is 2.17 bits per heavy atom. The maximum Gasteiger partial charge on any atom is 0.326 e. The van der Waals surface area contributed by atoms with Crippen LogP contribution in [0.1, 0.15) is 65.5 Å². The van der Waals surface area contributed by atoms with E-state index in [1.807, 2.05) is 40.7 Å². The molecule has 0 radical (unpaired) electrons. The first-order valence-electron chi connectivity index (χ1n) is 13.5. The number of aliphatic carboxylic acids is 2. The van der Waals surface area contributed by atoms with Crippen LogP contribution in [0.4, 0.5) is 0 Å². The summed E-state index contributed by atoms with van der Waals surface area (Å²) in [7, 11) is 3.17. The van der Waals surface area contributed by atoms with Crippen molar-refractivity contribution in [3.63, 3.8) is 0 Å². The van der Waals surface area contributed by atoms with Gasteiger partial charge < -0.3 is 31.1 Å². The summed E-state index contributed by atoms with van der Waals surface area (Å²) in [5.74, 6) is -4.03. The molecule has 3 atom stereocenters. The molecule has 0 fully saturated rings. The molecule has 1 rings (SSSR count). The third kappa shape index (κ3) is 9.99. The molecule has 0 aliphatic heterocycles. The molecule has 1 aromatic rings. The lowest BCUT2D eigenvalue weighted by Crippen LogP contribution is -2.60. The van der Waals surface area contributed by atoms with Gasteiger partial charge in [-0.05, 0) is 43.5 Å². The number of nitrogens with zero attached hydrogens (tertiary/aromatic N) is 2. The van der Waals surface area contributed by atoms with Crippen molar-refractivity contribution >= 4 is 29.7 Å². The number of benzene rings is 1. The molecule has 12 heteroatoms. The first-order chi connectivity index (χ1) is 19.4. The highest BCUT2D eigenvalue weighted by molar-refractivity contribution is 5.96. The van der Waals surface area contributed by atoms with E-state index in [0.717, 1.165) is 5.56 Å². The van der Waals surface area contributed by atoms with Gasteiger partial charge in [0.15, 0.2) is 0 Å². The van der Waals surface area contributed by atoms with Crippen LogP contribution in [0.2, 0.25) is 0 Å². The van der Waals surface area contributed by atoms with E-state index in [1.54, 1.807) is 25.2 Å². The summed E-state index contributed by atoms with van der Waals surface area (Å²) < 4.78 is 0. The second kappa shape index (κ2) is 15.1. The van der Waals surface area contributed by atoms with Gasteiger partial charge in [0.1, 0.15) is 12.1 Å². The average Bonchev–Trinajstić information content (AvgIpc) is 2.91. The molecule has 42 heavy (non-hydrogen) atoms. The third-order valence-electron chi connectivity index (χ3n) is 7.06. The lowest BCUT2D eigenvalue weighted by Gasteiger charge is -2.38. The second-order valence-electron chi connectivity index (χ2n) is 11.8. The summed E-state index contributed by atoms with van der Waals surface area (Å²) in [6.45, 7) is 10.6. The van der Waals surface area contributed by atoms with Gasteiger partial charge in [-0.1, -0.05) is 52.8 Å². The van der Waals surface area contributed by atoms with Crippen molar-refractivity contribution in [2.75, 3.05) is 20.6 Å². The summed E-state index contributed by atoms with van der Waals surface area (Å²) in [4.78, 5) is 63.1. The van der Waals surface area contributed by atoms with Gasteiger partial charge >= 0.3 is 11.9 Å². The van der Waals surface area contributed by atoms with E-state index in [0.29, 0.717) is 5.56 Å². The predicted octanol–water partition coefficient (Wildman–Crippen LogP) is 1.79. The molecule has 0 saturated heterocycles. The molecule has 0 bridgehead atoms. The lowest BCUT2D eigenvalue weighted by atomic mass is 9.76. The molecular formula is C30H43N5O7. The molecule has 0 heterocycles. The van der Waals surface area contributed by atoms with Crippen molar-refractivity contribution in [2.24, 2.45) is 5.41 Å². The molecule has 3 unspecified atom stereocenters. The van der Waals surface area contributed by atoms with Gasteiger partial charge in [0.05, 0.1) is 17.7 Å². The molecule has 0 spiro atoms. The first-order valence-corrected chi connectivity index (χ1v) is 13.5. The smallest absolute Gasteiger partial charge is 0.326 e. The molecule has 230 valence electrons. The van der Waals surface area contributed by atoms with Gasteiger partial charge in [0.2, 0.25) is 17.7 Å². The first kappa shape index (κ1) is 35.8. The normalized spacial score (nSPS) is 14.1. The topological polar surface area (TPSA) is 189 Å². The number of hydrogen-bond donors (Lipinski definition) is 5. The summed E-state index contributed by atoms with van der Waals surface area (Å²) in [5, 5.41) is 35.6. The fourth-order valence-electron chi connectivity index (χ4n) is 4.32. The van der Waals surface area contributed by atoms with Crippen molar-refractivity contribution in [3.05, 3.63) is 47.0 Å². The van der Waals surface area contributed by atoms with Crippen LogP contribution in [-0.2, 0) is 29.4 Å². The fourth-order valence-corrected chi connectivity index (χ4v) is 4.32. The molecule has 12 nitrogen and oxygen atoms in total. The van der Waals surface area contributed by atoms with Gasteiger partial charge in [-0.25, -0.2) is 4.79 Å². The number of hydrogen-bond acceptors (Lipinski definition) is 7. The van der Waals surface area contributed by atoms with Crippen LogP contribution in [0, 0.1) is 16.7 Å². The Balaban J connectivity index is 3.07. The zero-order chi connectivity index (χ0) is 32.4. The highest BCUT2D eigenvalue weighted by Crippen LogP contribution is 2.29. The lowest BCUT2D eigenvalue weighted by molar-refractivity contribution is -0.142. The van der Waals surface area contributed by atoms with E-state index in [-0.39, 0.29) is 18.5 Å². The number of nitriles is 1. The van der Waals surface area contributed by atoms with E-state index >= 15 is 0 Å². The minimum atomic E-state index is -1.37. The molecule has 5 N–H and O–H groups in total. The van der Waals surface area contributed by atoms with E-state index in [9.17, 15) is 34.3 Å². The molecule has 3 amide bonds. The number of carbonyl (C=O) groups is 5. The number of amides is 3. The molecule has 1 aromatic carbocycles. The number of carboxylic acids is 2. The Kier molecular flexibility index (Phi) is 12.9. The molecule has 0 aliphatic carbocycles. The molecule has 0 saturated carbocycles.